The fourth-order valence-corrected chi connectivity index (χ4v) is 3.68. The lowest BCUT2D eigenvalue weighted by molar-refractivity contribution is 0.0670. The largest absolute Gasteiger partial charge is 0.330 e. The predicted molar refractivity (Wildman–Crippen MR) is 94.7 cm³/mol. The van der Waals surface area contributed by atoms with Gasteiger partial charge in [0.15, 0.2) is 11.3 Å². The van der Waals surface area contributed by atoms with Gasteiger partial charge in [-0.2, -0.15) is 10.3 Å². The highest BCUT2D eigenvalue weighted by Crippen LogP contribution is 2.32. The zero-order valence-corrected chi connectivity index (χ0v) is 15.0. The number of tetrazole rings is 1. The summed E-state index contributed by atoms with van der Waals surface area (Å²) in [5.41, 5.74) is 3.06. The van der Waals surface area contributed by atoms with E-state index in [1.165, 1.54) is 10.7 Å². The predicted octanol–water partition coefficient (Wildman–Crippen LogP) is 1.45. The number of fused-ring (bicyclic) bond motifs is 2. The first-order chi connectivity index (χ1) is 13.1. The lowest BCUT2D eigenvalue weighted by atomic mass is 10.00. The molecule has 1 aliphatic rings. The Hall–Kier alpha value is -3.27. The lowest BCUT2D eigenvalue weighted by Gasteiger charge is -2.33. The fraction of sp³-hybridized carbons (Fsp3) is 0.250. The summed E-state index contributed by atoms with van der Waals surface area (Å²) in [6.07, 6.45) is 5.74. The van der Waals surface area contributed by atoms with E-state index in [9.17, 15) is 4.79 Å². The molecule has 4 aromatic rings. The van der Waals surface area contributed by atoms with E-state index in [0.29, 0.717) is 35.3 Å². The van der Waals surface area contributed by atoms with Crippen molar-refractivity contribution < 1.29 is 4.79 Å². The average Bonchev–Trinajstić information content (AvgIpc) is 3.39. The summed E-state index contributed by atoms with van der Waals surface area (Å²) in [6, 6.07) is 3.56. The topological polar surface area (TPSA) is 110 Å². The zero-order chi connectivity index (χ0) is 18.5. The molecule has 5 heterocycles. The second-order valence-electron chi connectivity index (χ2n) is 6.33. The SMILES string of the molecule is CC1c2ccn(-c3nn[nH]n3)c2CCN1C(=O)c1cc2ncc(Cl)cn2n1. The number of rotatable bonds is 2. The number of amides is 1. The fourth-order valence-electron chi connectivity index (χ4n) is 3.54. The van der Waals surface area contributed by atoms with Crippen LogP contribution >= 0.6 is 11.6 Å². The van der Waals surface area contributed by atoms with Crippen molar-refractivity contribution in [1.29, 1.82) is 0 Å². The van der Waals surface area contributed by atoms with Crippen molar-refractivity contribution in [2.45, 2.75) is 19.4 Å². The van der Waals surface area contributed by atoms with E-state index in [-0.39, 0.29) is 11.9 Å². The molecule has 0 fully saturated rings. The molecule has 1 aliphatic heterocycles. The number of hydrogen-bond donors (Lipinski definition) is 1. The molecule has 0 bridgehead atoms. The third kappa shape index (κ3) is 2.48. The molecule has 1 atom stereocenters. The highest BCUT2D eigenvalue weighted by molar-refractivity contribution is 6.30. The minimum Gasteiger partial charge on any atom is -0.330 e. The van der Waals surface area contributed by atoms with Gasteiger partial charge in [0.2, 0.25) is 0 Å². The number of nitrogens with one attached hydrogen (secondary N) is 1. The molecular weight excluding hydrogens is 370 g/mol. The molecule has 11 heteroatoms. The maximum absolute atomic E-state index is 13.1. The summed E-state index contributed by atoms with van der Waals surface area (Å²) >= 11 is 5.94. The van der Waals surface area contributed by atoms with Crippen molar-refractivity contribution in [2.75, 3.05) is 6.54 Å². The first-order valence-corrected chi connectivity index (χ1v) is 8.75. The number of aromatic amines is 1. The van der Waals surface area contributed by atoms with Gasteiger partial charge in [-0.05, 0) is 23.8 Å². The van der Waals surface area contributed by atoms with Crippen LogP contribution in [0.1, 0.15) is 34.7 Å². The molecule has 27 heavy (non-hydrogen) atoms. The van der Waals surface area contributed by atoms with Gasteiger partial charge in [0.25, 0.3) is 11.9 Å². The number of nitrogens with zero attached hydrogens (tertiary/aromatic N) is 8. The Balaban J connectivity index is 1.47. The van der Waals surface area contributed by atoms with Gasteiger partial charge in [0.05, 0.1) is 17.3 Å². The van der Waals surface area contributed by atoms with E-state index in [1.54, 1.807) is 12.3 Å². The second-order valence-corrected chi connectivity index (χ2v) is 6.77. The van der Waals surface area contributed by atoms with Crippen molar-refractivity contribution in [3.8, 4) is 5.95 Å². The zero-order valence-electron chi connectivity index (χ0n) is 14.2. The number of hydrogen-bond acceptors (Lipinski definition) is 6. The van der Waals surface area contributed by atoms with E-state index in [2.05, 4.69) is 30.7 Å². The molecule has 1 unspecified atom stereocenters. The first-order valence-electron chi connectivity index (χ1n) is 8.37. The molecule has 5 rings (SSSR count). The third-order valence-corrected chi connectivity index (χ3v) is 5.04. The van der Waals surface area contributed by atoms with Crippen molar-refractivity contribution >= 4 is 23.2 Å². The van der Waals surface area contributed by atoms with Gasteiger partial charge in [-0.25, -0.2) is 9.50 Å². The van der Waals surface area contributed by atoms with Crippen LogP contribution in [0.4, 0.5) is 0 Å². The lowest BCUT2D eigenvalue weighted by Crippen LogP contribution is -2.39. The minimum atomic E-state index is -0.137. The van der Waals surface area contributed by atoms with E-state index >= 15 is 0 Å². The molecule has 0 aromatic carbocycles. The Morgan fingerprint density at radius 3 is 3.11 bits per heavy atom. The maximum atomic E-state index is 13.1. The monoisotopic (exact) mass is 383 g/mol. The van der Waals surface area contributed by atoms with Gasteiger partial charge in [0.1, 0.15) is 0 Å². The Morgan fingerprint density at radius 2 is 2.30 bits per heavy atom. The minimum absolute atomic E-state index is 0.101. The van der Waals surface area contributed by atoms with Gasteiger partial charge in [-0.3, -0.25) is 9.36 Å². The highest BCUT2D eigenvalue weighted by atomic mass is 35.5. The second kappa shape index (κ2) is 5.88. The summed E-state index contributed by atoms with van der Waals surface area (Å²) in [6.45, 7) is 2.57. The Labute approximate surface area is 157 Å². The molecule has 0 spiro atoms. The van der Waals surface area contributed by atoms with Crippen LogP contribution in [0.25, 0.3) is 11.6 Å². The van der Waals surface area contributed by atoms with Crippen LogP contribution in [-0.2, 0) is 6.42 Å². The van der Waals surface area contributed by atoms with E-state index in [1.807, 2.05) is 28.7 Å². The third-order valence-electron chi connectivity index (χ3n) is 4.85. The van der Waals surface area contributed by atoms with Gasteiger partial charge in [-0.15, -0.1) is 5.10 Å². The molecule has 1 amide bonds. The number of halogens is 1. The smallest absolute Gasteiger partial charge is 0.274 e. The van der Waals surface area contributed by atoms with Gasteiger partial charge < -0.3 is 4.90 Å². The van der Waals surface area contributed by atoms with E-state index in [0.717, 1.165) is 11.3 Å². The van der Waals surface area contributed by atoms with Crippen LogP contribution in [0.5, 0.6) is 0 Å². The number of carbonyl (C=O) groups excluding carboxylic acids is 1. The molecule has 0 saturated heterocycles. The molecule has 1 N–H and O–H groups in total. The van der Waals surface area contributed by atoms with E-state index < -0.39 is 0 Å². The molecule has 0 saturated carbocycles. The molecule has 4 aromatic heterocycles. The number of aromatic nitrogens is 8. The highest BCUT2D eigenvalue weighted by Gasteiger charge is 2.32. The quantitative estimate of drug-likeness (QED) is 0.561. The summed E-state index contributed by atoms with van der Waals surface area (Å²) in [4.78, 5) is 19.1. The van der Waals surface area contributed by atoms with Crippen molar-refractivity contribution in [3.63, 3.8) is 0 Å². The molecule has 136 valence electrons. The van der Waals surface area contributed by atoms with Crippen molar-refractivity contribution in [1.82, 2.24) is 44.7 Å². The van der Waals surface area contributed by atoms with Crippen LogP contribution < -0.4 is 0 Å². The van der Waals surface area contributed by atoms with Crippen molar-refractivity contribution in [3.05, 3.63) is 52.7 Å². The Bertz CT molecular complexity index is 1150. The van der Waals surface area contributed by atoms with Crippen LogP contribution in [-0.4, -0.2) is 57.1 Å². The standard InChI is InChI=1S/C16H14ClN9O/c1-9-11-2-4-25(16-19-22-23-20-16)13(11)3-5-24(9)15(27)12-6-14-18-7-10(17)8-26(14)21-12/h2,4,6-9H,3,5H2,1H3,(H,19,20,22,23). The first kappa shape index (κ1) is 15.9. The number of carbonyl (C=O) groups is 1. The molecule has 0 radical (unpaired) electrons. The van der Waals surface area contributed by atoms with Crippen LogP contribution in [0.2, 0.25) is 5.02 Å². The summed E-state index contributed by atoms with van der Waals surface area (Å²) in [5, 5.41) is 18.9. The normalized spacial score (nSPS) is 16.7. The Morgan fingerprint density at radius 1 is 1.41 bits per heavy atom. The average molecular weight is 384 g/mol. The molecular formula is C16H14ClN9O. The maximum Gasteiger partial charge on any atom is 0.274 e. The van der Waals surface area contributed by atoms with Gasteiger partial charge in [-0.1, -0.05) is 16.7 Å². The summed E-state index contributed by atoms with van der Waals surface area (Å²) < 4.78 is 3.41. The van der Waals surface area contributed by atoms with Gasteiger partial charge in [0, 0.05) is 37.1 Å². The van der Waals surface area contributed by atoms with Crippen LogP contribution in [0, 0.1) is 0 Å². The van der Waals surface area contributed by atoms with Crippen LogP contribution in [0.15, 0.2) is 30.7 Å². The summed E-state index contributed by atoms with van der Waals surface area (Å²) in [5.74, 6) is 0.355. The van der Waals surface area contributed by atoms with Gasteiger partial charge >= 0.3 is 0 Å². The van der Waals surface area contributed by atoms with E-state index in [4.69, 9.17) is 11.6 Å². The molecule has 0 aliphatic carbocycles. The van der Waals surface area contributed by atoms with Crippen molar-refractivity contribution in [2.24, 2.45) is 0 Å². The van der Waals surface area contributed by atoms with Crippen LogP contribution in [0.3, 0.4) is 0 Å². The Kier molecular flexibility index (Phi) is 3.47. The number of H-pyrrole nitrogens is 1. The summed E-state index contributed by atoms with van der Waals surface area (Å²) in [7, 11) is 0. The molecule has 10 nitrogen and oxygen atoms in total.